The first-order valence-electron chi connectivity index (χ1n) is 7.10. The third-order valence-electron chi connectivity index (χ3n) is 3.45. The third kappa shape index (κ3) is 3.43. The van der Waals surface area contributed by atoms with E-state index in [-0.39, 0.29) is 11.7 Å². The predicted molar refractivity (Wildman–Crippen MR) is 104 cm³/mol. The summed E-state index contributed by atoms with van der Waals surface area (Å²) < 4.78 is 0.439. The number of rotatable bonds is 3. The molecule has 3 rings (SSSR count). The number of hydrogen-bond donors (Lipinski definition) is 0. The first-order chi connectivity index (χ1) is 11.5. The van der Waals surface area contributed by atoms with Crippen molar-refractivity contribution in [1.82, 2.24) is 0 Å². The van der Waals surface area contributed by atoms with Crippen LogP contribution in [0.3, 0.4) is 0 Å². The molecular weight excluding hydrogens is 362 g/mol. The van der Waals surface area contributed by atoms with Gasteiger partial charge in [-0.15, -0.1) is 0 Å². The molecule has 2 aromatic carbocycles. The summed E-state index contributed by atoms with van der Waals surface area (Å²) in [6, 6.07) is 14.1. The number of halogens is 1. The molecule has 0 aromatic heterocycles. The summed E-state index contributed by atoms with van der Waals surface area (Å²) in [5.41, 5.74) is 1.97. The number of benzene rings is 2. The number of carbonyl (C=O) groups excluding carboxylic acids is 2. The fraction of sp³-hybridized carbons (Fsp3) is 0.0556. The average Bonchev–Trinajstić information content (AvgIpc) is 2.81. The van der Waals surface area contributed by atoms with Crippen molar-refractivity contribution in [2.24, 2.45) is 0 Å². The van der Waals surface area contributed by atoms with E-state index in [2.05, 4.69) is 0 Å². The molecule has 0 bridgehead atoms. The normalized spacial score (nSPS) is 16.1. The van der Waals surface area contributed by atoms with Crippen molar-refractivity contribution in [3.63, 3.8) is 0 Å². The Hall–Kier alpha value is -1.95. The second-order valence-electron chi connectivity index (χ2n) is 5.18. The highest BCUT2D eigenvalue weighted by Gasteiger charge is 2.33. The minimum absolute atomic E-state index is 0.0586. The molecule has 2 aromatic rings. The van der Waals surface area contributed by atoms with Crippen LogP contribution in [0.4, 0.5) is 5.69 Å². The summed E-state index contributed by atoms with van der Waals surface area (Å²) in [7, 11) is 0. The van der Waals surface area contributed by atoms with Gasteiger partial charge in [-0.2, -0.15) is 0 Å². The maximum absolute atomic E-state index is 12.7. The molecule has 1 fully saturated rings. The largest absolute Gasteiger partial charge is 0.295 e. The highest BCUT2D eigenvalue weighted by molar-refractivity contribution is 8.27. The average molecular weight is 374 g/mol. The zero-order chi connectivity index (χ0) is 17.3. The number of amides is 1. The SMILES string of the molecule is CC(=O)c1cccc(N2C(=O)C(=Cc3cccc(Cl)c3)SC2=S)c1. The van der Waals surface area contributed by atoms with Crippen LogP contribution >= 0.6 is 35.6 Å². The van der Waals surface area contributed by atoms with Gasteiger partial charge >= 0.3 is 0 Å². The number of thioether (sulfide) groups is 1. The van der Waals surface area contributed by atoms with Crippen molar-refractivity contribution >= 4 is 63.4 Å². The van der Waals surface area contributed by atoms with E-state index in [9.17, 15) is 9.59 Å². The van der Waals surface area contributed by atoms with E-state index in [1.54, 1.807) is 42.5 Å². The summed E-state index contributed by atoms with van der Waals surface area (Å²) in [5.74, 6) is -0.262. The lowest BCUT2D eigenvalue weighted by molar-refractivity contribution is -0.113. The van der Waals surface area contributed by atoms with Gasteiger partial charge in [-0.3, -0.25) is 14.5 Å². The molecule has 120 valence electrons. The smallest absolute Gasteiger partial charge is 0.270 e. The quantitative estimate of drug-likeness (QED) is 0.433. The van der Waals surface area contributed by atoms with Gasteiger partial charge in [0.1, 0.15) is 0 Å². The van der Waals surface area contributed by atoms with Crippen LogP contribution in [-0.4, -0.2) is 16.0 Å². The number of carbonyl (C=O) groups is 2. The maximum Gasteiger partial charge on any atom is 0.270 e. The molecule has 24 heavy (non-hydrogen) atoms. The fourth-order valence-electron chi connectivity index (χ4n) is 2.30. The van der Waals surface area contributed by atoms with E-state index in [0.29, 0.717) is 25.5 Å². The number of nitrogens with zero attached hydrogens (tertiary/aromatic N) is 1. The van der Waals surface area contributed by atoms with Gasteiger partial charge in [-0.05, 0) is 42.8 Å². The van der Waals surface area contributed by atoms with Crippen molar-refractivity contribution in [1.29, 1.82) is 0 Å². The second kappa shape index (κ2) is 6.89. The molecule has 3 nitrogen and oxygen atoms in total. The standard InChI is InChI=1S/C18H12ClNO2S2/c1-11(21)13-5-3-7-15(10-13)20-17(22)16(24-18(20)23)9-12-4-2-6-14(19)8-12/h2-10H,1H3. The molecule has 0 atom stereocenters. The van der Waals surface area contributed by atoms with E-state index < -0.39 is 0 Å². The van der Waals surface area contributed by atoms with Crippen molar-refractivity contribution in [3.05, 3.63) is 69.6 Å². The Morgan fingerprint density at radius 2 is 1.96 bits per heavy atom. The summed E-state index contributed by atoms with van der Waals surface area (Å²) >= 11 is 12.6. The fourth-order valence-corrected chi connectivity index (χ4v) is 3.80. The van der Waals surface area contributed by atoms with Gasteiger partial charge in [0.25, 0.3) is 5.91 Å². The van der Waals surface area contributed by atoms with Gasteiger partial charge in [0.15, 0.2) is 10.1 Å². The molecule has 0 saturated carbocycles. The maximum atomic E-state index is 12.7. The van der Waals surface area contributed by atoms with Crippen LogP contribution in [0.15, 0.2) is 53.4 Å². The molecule has 1 heterocycles. The minimum Gasteiger partial charge on any atom is -0.295 e. The molecule has 6 heteroatoms. The van der Waals surface area contributed by atoms with Crippen LogP contribution in [0.2, 0.25) is 5.02 Å². The van der Waals surface area contributed by atoms with E-state index in [0.717, 1.165) is 5.56 Å². The molecule has 0 unspecified atom stereocenters. The van der Waals surface area contributed by atoms with Crippen LogP contribution in [-0.2, 0) is 4.79 Å². The lowest BCUT2D eigenvalue weighted by Gasteiger charge is -2.15. The minimum atomic E-state index is -0.203. The van der Waals surface area contributed by atoms with Crippen molar-refractivity contribution in [2.75, 3.05) is 4.90 Å². The number of Topliss-reactive ketones (excluding diaryl/α,β-unsaturated/α-hetero) is 1. The van der Waals surface area contributed by atoms with E-state index >= 15 is 0 Å². The Labute approximate surface area is 154 Å². The molecule has 0 aliphatic carbocycles. The molecular formula is C18H12ClNO2S2. The zero-order valence-corrected chi connectivity index (χ0v) is 15.0. The van der Waals surface area contributed by atoms with Gasteiger partial charge < -0.3 is 0 Å². The van der Waals surface area contributed by atoms with Crippen molar-refractivity contribution < 1.29 is 9.59 Å². The number of hydrogen-bond acceptors (Lipinski definition) is 4. The van der Waals surface area contributed by atoms with Crippen LogP contribution in [0.5, 0.6) is 0 Å². The lowest BCUT2D eigenvalue weighted by Crippen LogP contribution is -2.27. The lowest BCUT2D eigenvalue weighted by atomic mass is 10.1. The van der Waals surface area contributed by atoms with Crippen molar-refractivity contribution in [3.8, 4) is 0 Å². The predicted octanol–water partition coefficient (Wildman–Crippen LogP) is 4.95. The Morgan fingerprint density at radius 3 is 2.67 bits per heavy atom. The van der Waals surface area contributed by atoms with E-state index in [1.807, 2.05) is 12.1 Å². The zero-order valence-electron chi connectivity index (χ0n) is 12.7. The van der Waals surface area contributed by atoms with Crippen LogP contribution in [0, 0.1) is 0 Å². The molecule has 0 radical (unpaired) electrons. The highest BCUT2D eigenvalue weighted by atomic mass is 35.5. The van der Waals surface area contributed by atoms with Gasteiger partial charge in [-0.25, -0.2) is 0 Å². The molecule has 1 saturated heterocycles. The molecule has 1 amide bonds. The van der Waals surface area contributed by atoms with Gasteiger partial charge in [0, 0.05) is 10.6 Å². The van der Waals surface area contributed by atoms with E-state index in [4.69, 9.17) is 23.8 Å². The Bertz CT molecular complexity index is 892. The Kier molecular flexibility index (Phi) is 4.85. The molecule has 1 aliphatic rings. The van der Waals surface area contributed by atoms with Gasteiger partial charge in [0.2, 0.25) is 0 Å². The van der Waals surface area contributed by atoms with Crippen LogP contribution in [0.25, 0.3) is 6.08 Å². The first-order valence-corrected chi connectivity index (χ1v) is 8.70. The molecule has 0 spiro atoms. The highest BCUT2D eigenvalue weighted by Crippen LogP contribution is 2.36. The third-order valence-corrected chi connectivity index (χ3v) is 4.99. The topological polar surface area (TPSA) is 37.4 Å². The second-order valence-corrected chi connectivity index (χ2v) is 7.29. The summed E-state index contributed by atoms with van der Waals surface area (Å²) in [6.45, 7) is 1.49. The summed E-state index contributed by atoms with van der Waals surface area (Å²) in [6.07, 6.45) is 1.76. The monoisotopic (exact) mass is 373 g/mol. The number of ketones is 1. The Morgan fingerprint density at radius 1 is 1.21 bits per heavy atom. The summed E-state index contributed by atoms with van der Waals surface area (Å²) in [4.78, 5) is 26.2. The van der Waals surface area contributed by atoms with Crippen LogP contribution < -0.4 is 4.90 Å². The van der Waals surface area contributed by atoms with Crippen LogP contribution in [0.1, 0.15) is 22.8 Å². The van der Waals surface area contributed by atoms with E-state index in [1.165, 1.54) is 23.6 Å². The van der Waals surface area contributed by atoms with Crippen molar-refractivity contribution in [2.45, 2.75) is 6.92 Å². The first kappa shape index (κ1) is 16.9. The Balaban J connectivity index is 1.95. The summed E-state index contributed by atoms with van der Waals surface area (Å²) in [5, 5.41) is 0.605. The number of anilines is 1. The van der Waals surface area contributed by atoms with Gasteiger partial charge in [0.05, 0.1) is 10.6 Å². The molecule has 0 N–H and O–H groups in total. The number of thiocarbonyl (C=S) groups is 1. The van der Waals surface area contributed by atoms with Gasteiger partial charge in [-0.1, -0.05) is 59.8 Å². The molecule has 1 aliphatic heterocycles.